The van der Waals surface area contributed by atoms with Gasteiger partial charge in [0.05, 0.1) is 19.3 Å². The summed E-state index contributed by atoms with van der Waals surface area (Å²) in [6.45, 7) is 12.0. The molecule has 0 atom stereocenters. The minimum absolute atomic E-state index is 0.184. The molecule has 0 unspecified atom stereocenters. The third-order valence-corrected chi connectivity index (χ3v) is 5.92. The molecule has 0 N–H and O–H groups in total. The normalized spacial score (nSPS) is 14.9. The maximum atomic E-state index is 12.2. The Morgan fingerprint density at radius 3 is 2.51 bits per heavy atom. The molecule has 0 saturated carbocycles. The Morgan fingerprint density at radius 2 is 1.80 bits per heavy atom. The second-order valence-corrected chi connectivity index (χ2v) is 9.76. The Morgan fingerprint density at radius 1 is 1.03 bits per heavy atom. The average molecular weight is 483 g/mol. The lowest BCUT2D eigenvalue weighted by Crippen LogP contribution is -2.50. The Labute approximate surface area is 205 Å². The second kappa shape index (κ2) is 10.6. The van der Waals surface area contributed by atoms with Gasteiger partial charge in [-0.05, 0) is 62.7 Å². The molecule has 0 bridgehead atoms. The van der Waals surface area contributed by atoms with Gasteiger partial charge in [-0.15, -0.1) is 0 Å². The van der Waals surface area contributed by atoms with E-state index in [0.29, 0.717) is 26.3 Å². The van der Waals surface area contributed by atoms with Gasteiger partial charge < -0.3 is 23.5 Å². The van der Waals surface area contributed by atoms with Gasteiger partial charge >= 0.3 is 12.1 Å². The molecule has 0 aliphatic carbocycles. The van der Waals surface area contributed by atoms with E-state index in [1.54, 1.807) is 18.1 Å². The molecular weight excluding hydrogens is 448 g/mol. The monoisotopic (exact) mass is 482 g/mol. The van der Waals surface area contributed by atoms with Gasteiger partial charge in [-0.2, -0.15) is 0 Å². The smallest absolute Gasteiger partial charge is 0.410 e. The van der Waals surface area contributed by atoms with E-state index >= 15 is 0 Å². The van der Waals surface area contributed by atoms with Gasteiger partial charge in [0.15, 0.2) is 0 Å². The largest absolute Gasteiger partial charge is 0.492 e. The Bertz CT molecular complexity index is 1190. The number of carbonyl (C=O) groups is 2. The molecular formula is C27H34N2O6. The highest BCUT2D eigenvalue weighted by Gasteiger charge is 2.25. The molecule has 1 fully saturated rings. The van der Waals surface area contributed by atoms with Gasteiger partial charge in [-0.3, -0.25) is 9.69 Å². The fourth-order valence-electron chi connectivity index (χ4n) is 4.17. The third kappa shape index (κ3) is 6.45. The fraction of sp³-hybridized carbons (Fsp3) is 0.481. The summed E-state index contributed by atoms with van der Waals surface area (Å²) in [5.41, 5.74) is 1.08. The summed E-state index contributed by atoms with van der Waals surface area (Å²) in [4.78, 5) is 28.2. The van der Waals surface area contributed by atoms with E-state index in [0.717, 1.165) is 52.7 Å². The number of esters is 1. The van der Waals surface area contributed by atoms with Crippen LogP contribution in [-0.2, 0) is 20.7 Å². The van der Waals surface area contributed by atoms with Gasteiger partial charge in [0.2, 0.25) is 0 Å². The highest BCUT2D eigenvalue weighted by atomic mass is 16.6. The molecule has 1 amide bonds. The molecule has 1 aliphatic rings. The molecule has 1 aliphatic heterocycles. The van der Waals surface area contributed by atoms with Gasteiger partial charge in [-0.25, -0.2) is 4.79 Å². The summed E-state index contributed by atoms with van der Waals surface area (Å²) in [6.07, 6.45) is 1.56. The minimum Gasteiger partial charge on any atom is -0.492 e. The van der Waals surface area contributed by atoms with Crippen molar-refractivity contribution in [2.45, 2.75) is 39.7 Å². The van der Waals surface area contributed by atoms with Crippen LogP contribution < -0.4 is 4.74 Å². The highest BCUT2D eigenvalue weighted by Crippen LogP contribution is 2.30. The van der Waals surface area contributed by atoms with Crippen LogP contribution >= 0.6 is 0 Å². The zero-order chi connectivity index (χ0) is 25.0. The van der Waals surface area contributed by atoms with Crippen molar-refractivity contribution >= 4 is 33.8 Å². The Balaban J connectivity index is 1.32. The van der Waals surface area contributed by atoms with E-state index in [1.165, 1.54) is 0 Å². The molecule has 2 heterocycles. The first-order valence-corrected chi connectivity index (χ1v) is 12.1. The summed E-state index contributed by atoms with van der Waals surface area (Å²) in [7, 11) is 0. The van der Waals surface area contributed by atoms with Crippen molar-refractivity contribution in [3.05, 3.63) is 42.2 Å². The maximum absolute atomic E-state index is 12.2. The zero-order valence-corrected chi connectivity index (χ0v) is 21.0. The van der Waals surface area contributed by atoms with E-state index in [1.807, 2.05) is 51.1 Å². The van der Waals surface area contributed by atoms with Crippen molar-refractivity contribution in [3.63, 3.8) is 0 Å². The van der Waals surface area contributed by atoms with Crippen LogP contribution in [0.4, 0.5) is 4.79 Å². The minimum atomic E-state index is -0.478. The van der Waals surface area contributed by atoms with Gasteiger partial charge in [0.25, 0.3) is 0 Å². The number of carbonyl (C=O) groups excluding carboxylic acids is 2. The van der Waals surface area contributed by atoms with Crippen LogP contribution in [0.2, 0.25) is 0 Å². The predicted molar refractivity (Wildman–Crippen MR) is 134 cm³/mol. The quantitative estimate of drug-likeness (QED) is 0.455. The van der Waals surface area contributed by atoms with Crippen molar-refractivity contribution in [1.82, 2.24) is 9.80 Å². The maximum Gasteiger partial charge on any atom is 0.410 e. The van der Waals surface area contributed by atoms with E-state index < -0.39 is 5.60 Å². The highest BCUT2D eigenvalue weighted by molar-refractivity contribution is 5.98. The number of piperazine rings is 1. The van der Waals surface area contributed by atoms with Crippen LogP contribution in [0.1, 0.15) is 33.3 Å². The fourth-order valence-corrected chi connectivity index (χ4v) is 4.17. The van der Waals surface area contributed by atoms with Crippen molar-refractivity contribution < 1.29 is 28.2 Å². The molecule has 2 aromatic carbocycles. The molecule has 3 aromatic rings. The Kier molecular flexibility index (Phi) is 7.50. The number of benzene rings is 2. The van der Waals surface area contributed by atoms with Crippen LogP contribution in [0, 0.1) is 0 Å². The summed E-state index contributed by atoms with van der Waals surface area (Å²) < 4.78 is 22.2. The average Bonchev–Trinajstić information content (AvgIpc) is 3.18. The second-order valence-electron chi connectivity index (χ2n) is 9.76. The van der Waals surface area contributed by atoms with Crippen LogP contribution in [0.3, 0.4) is 0 Å². The van der Waals surface area contributed by atoms with Crippen LogP contribution in [-0.4, -0.2) is 73.4 Å². The molecule has 0 radical (unpaired) electrons. The van der Waals surface area contributed by atoms with E-state index in [-0.39, 0.29) is 18.5 Å². The van der Waals surface area contributed by atoms with E-state index in [9.17, 15) is 9.59 Å². The summed E-state index contributed by atoms with van der Waals surface area (Å²) >= 11 is 0. The number of hydrogen-bond acceptors (Lipinski definition) is 7. The summed E-state index contributed by atoms with van der Waals surface area (Å²) in [5.74, 6) is 0.527. The van der Waals surface area contributed by atoms with Gasteiger partial charge in [0, 0.05) is 43.7 Å². The molecule has 4 rings (SSSR count). The van der Waals surface area contributed by atoms with Crippen LogP contribution in [0.25, 0.3) is 21.7 Å². The Hall–Kier alpha value is -3.26. The summed E-state index contributed by atoms with van der Waals surface area (Å²) in [5, 5.41) is 2.97. The number of nitrogens with zero attached hydrogens (tertiary/aromatic N) is 2. The number of furan rings is 1. The topological polar surface area (TPSA) is 81.5 Å². The lowest BCUT2D eigenvalue weighted by Gasteiger charge is -2.35. The van der Waals surface area contributed by atoms with E-state index in [2.05, 4.69) is 4.90 Å². The first kappa shape index (κ1) is 24.9. The van der Waals surface area contributed by atoms with Crippen molar-refractivity contribution in [2.24, 2.45) is 0 Å². The lowest BCUT2D eigenvalue weighted by atomic mass is 10.0. The summed E-state index contributed by atoms with van der Waals surface area (Å²) in [6, 6.07) is 9.99. The molecule has 0 spiro atoms. The number of amides is 1. The predicted octanol–water partition coefficient (Wildman–Crippen LogP) is 4.62. The van der Waals surface area contributed by atoms with Crippen LogP contribution in [0.15, 0.2) is 41.0 Å². The SMILES string of the molecule is CCOC(=O)Cc1coc2cc3ccc(OCCN4CCN(C(=O)OC(C)(C)C)CC4)cc3cc12. The van der Waals surface area contributed by atoms with Crippen molar-refractivity contribution in [3.8, 4) is 5.75 Å². The van der Waals surface area contributed by atoms with Crippen molar-refractivity contribution in [2.75, 3.05) is 45.9 Å². The lowest BCUT2D eigenvalue weighted by molar-refractivity contribution is -0.142. The molecule has 1 aromatic heterocycles. The van der Waals surface area contributed by atoms with Gasteiger partial charge in [0.1, 0.15) is 23.5 Å². The van der Waals surface area contributed by atoms with E-state index in [4.69, 9.17) is 18.6 Å². The molecule has 8 nitrogen and oxygen atoms in total. The number of ether oxygens (including phenoxy) is 3. The van der Waals surface area contributed by atoms with Crippen LogP contribution in [0.5, 0.6) is 5.75 Å². The molecule has 188 valence electrons. The van der Waals surface area contributed by atoms with Gasteiger partial charge in [-0.1, -0.05) is 6.07 Å². The first-order chi connectivity index (χ1) is 16.7. The molecule has 8 heteroatoms. The molecule has 35 heavy (non-hydrogen) atoms. The zero-order valence-electron chi connectivity index (χ0n) is 21.0. The third-order valence-electron chi connectivity index (χ3n) is 5.92. The standard InChI is InChI=1S/C27H34N2O6/c1-5-32-25(30)17-21-18-34-24-16-19-6-7-22(14-20(19)15-23(21)24)33-13-12-28-8-10-29(11-9-28)26(31)35-27(2,3)4/h6-7,14-16,18H,5,8-13,17H2,1-4H3. The molecule has 1 saturated heterocycles. The first-order valence-electron chi connectivity index (χ1n) is 12.1. The number of hydrogen-bond donors (Lipinski definition) is 0. The number of rotatable bonds is 7. The number of fused-ring (bicyclic) bond motifs is 2. The van der Waals surface area contributed by atoms with Crippen molar-refractivity contribution in [1.29, 1.82) is 0 Å².